The van der Waals surface area contributed by atoms with Crippen LogP contribution in [0.15, 0.2) is 54.6 Å². The van der Waals surface area contributed by atoms with Crippen molar-refractivity contribution in [3.8, 4) is 0 Å². The van der Waals surface area contributed by atoms with Crippen LogP contribution in [0.25, 0.3) is 6.08 Å². The SMILES string of the molecule is CC(=O)c1ccccc1NC(=O)COC(=O)/C=C/c1c(C)nn(Cc2ccccc2Cl)c1C. The second-order valence-corrected chi connectivity index (χ2v) is 7.83. The summed E-state index contributed by atoms with van der Waals surface area (Å²) < 4.78 is 6.85. The van der Waals surface area contributed by atoms with Gasteiger partial charge in [0.15, 0.2) is 12.4 Å². The van der Waals surface area contributed by atoms with Crippen molar-refractivity contribution in [3.63, 3.8) is 0 Å². The average Bonchev–Trinajstić information content (AvgIpc) is 3.05. The van der Waals surface area contributed by atoms with Crippen LogP contribution in [-0.4, -0.2) is 34.0 Å². The maximum Gasteiger partial charge on any atom is 0.331 e. The Labute approximate surface area is 197 Å². The number of aryl methyl sites for hydroxylation is 1. The van der Waals surface area contributed by atoms with E-state index in [1.54, 1.807) is 30.3 Å². The lowest BCUT2D eigenvalue weighted by atomic mass is 10.1. The largest absolute Gasteiger partial charge is 0.452 e. The Bertz CT molecular complexity index is 1230. The van der Waals surface area contributed by atoms with E-state index in [1.165, 1.54) is 13.0 Å². The van der Waals surface area contributed by atoms with Gasteiger partial charge in [0.25, 0.3) is 5.91 Å². The highest BCUT2D eigenvalue weighted by Gasteiger charge is 2.13. The summed E-state index contributed by atoms with van der Waals surface area (Å²) in [6.07, 6.45) is 2.87. The number of benzene rings is 2. The number of hydrogen-bond donors (Lipinski definition) is 1. The Morgan fingerprint density at radius 1 is 1.09 bits per heavy atom. The summed E-state index contributed by atoms with van der Waals surface area (Å²) in [5, 5.41) is 7.78. The molecule has 0 unspecified atom stereocenters. The van der Waals surface area contributed by atoms with Crippen LogP contribution in [0, 0.1) is 13.8 Å². The van der Waals surface area contributed by atoms with E-state index in [9.17, 15) is 14.4 Å². The Kier molecular flexibility index (Phi) is 7.79. The molecule has 170 valence electrons. The number of para-hydroxylation sites is 1. The number of aromatic nitrogens is 2. The number of rotatable bonds is 8. The molecule has 0 saturated carbocycles. The zero-order chi connectivity index (χ0) is 24.0. The molecule has 0 spiro atoms. The Balaban J connectivity index is 1.60. The van der Waals surface area contributed by atoms with Crippen molar-refractivity contribution in [2.24, 2.45) is 0 Å². The molecule has 0 aliphatic rings. The standard InChI is InChI=1S/C25H24ClN3O4/c1-16-20(17(2)29(28-16)14-19-8-4-6-10-22(19)26)12-13-25(32)33-15-24(31)27-23-11-7-5-9-21(23)18(3)30/h4-13H,14-15H2,1-3H3,(H,27,31)/b13-12+. The predicted molar refractivity (Wildman–Crippen MR) is 127 cm³/mol. The molecule has 0 saturated heterocycles. The number of Topliss-reactive ketones (excluding diaryl/α,β-unsaturated/α-hetero) is 1. The van der Waals surface area contributed by atoms with Crippen LogP contribution in [0.2, 0.25) is 5.02 Å². The molecule has 3 aromatic rings. The Hall–Kier alpha value is -3.71. The molecule has 0 aliphatic heterocycles. The molecule has 0 aliphatic carbocycles. The summed E-state index contributed by atoms with van der Waals surface area (Å²) in [4.78, 5) is 35.9. The van der Waals surface area contributed by atoms with Crippen molar-refractivity contribution in [1.82, 2.24) is 9.78 Å². The van der Waals surface area contributed by atoms with Gasteiger partial charge in [0, 0.05) is 27.9 Å². The van der Waals surface area contributed by atoms with Gasteiger partial charge in [0.2, 0.25) is 0 Å². The minimum Gasteiger partial charge on any atom is -0.452 e. The van der Waals surface area contributed by atoms with Crippen molar-refractivity contribution in [1.29, 1.82) is 0 Å². The quantitative estimate of drug-likeness (QED) is 0.298. The zero-order valence-electron chi connectivity index (χ0n) is 18.6. The summed E-state index contributed by atoms with van der Waals surface area (Å²) in [5.74, 6) is -1.38. The third-order valence-corrected chi connectivity index (χ3v) is 5.40. The number of ketones is 1. The van der Waals surface area contributed by atoms with Crippen molar-refractivity contribution in [2.75, 3.05) is 11.9 Å². The molecule has 1 N–H and O–H groups in total. The van der Waals surface area contributed by atoms with Gasteiger partial charge >= 0.3 is 5.97 Å². The summed E-state index contributed by atoms with van der Waals surface area (Å²) in [6.45, 7) is 5.20. The maximum atomic E-state index is 12.1. The summed E-state index contributed by atoms with van der Waals surface area (Å²) >= 11 is 6.25. The van der Waals surface area contributed by atoms with Crippen LogP contribution < -0.4 is 5.32 Å². The van der Waals surface area contributed by atoms with Crippen molar-refractivity contribution >= 4 is 41.0 Å². The Morgan fingerprint density at radius 3 is 2.52 bits per heavy atom. The van der Waals surface area contributed by atoms with Crippen LogP contribution in [0.1, 0.15) is 39.8 Å². The van der Waals surface area contributed by atoms with Gasteiger partial charge in [-0.3, -0.25) is 14.3 Å². The zero-order valence-corrected chi connectivity index (χ0v) is 19.3. The third-order valence-electron chi connectivity index (χ3n) is 5.03. The fourth-order valence-electron chi connectivity index (χ4n) is 3.32. The van der Waals surface area contributed by atoms with Gasteiger partial charge in [0.1, 0.15) is 0 Å². The van der Waals surface area contributed by atoms with Crippen LogP contribution in [-0.2, 0) is 20.9 Å². The van der Waals surface area contributed by atoms with Gasteiger partial charge < -0.3 is 10.1 Å². The van der Waals surface area contributed by atoms with Crippen LogP contribution in [0.4, 0.5) is 5.69 Å². The number of nitrogens with zero attached hydrogens (tertiary/aromatic N) is 2. The van der Waals surface area contributed by atoms with Crippen LogP contribution in [0.5, 0.6) is 0 Å². The molecule has 0 fully saturated rings. The number of halogens is 1. The lowest BCUT2D eigenvalue weighted by molar-refractivity contribution is -0.142. The number of anilines is 1. The lowest BCUT2D eigenvalue weighted by Crippen LogP contribution is -2.21. The van der Waals surface area contributed by atoms with E-state index in [2.05, 4.69) is 10.4 Å². The molecule has 8 heteroatoms. The van der Waals surface area contributed by atoms with Gasteiger partial charge in [-0.05, 0) is 50.6 Å². The Morgan fingerprint density at radius 2 is 1.79 bits per heavy atom. The monoisotopic (exact) mass is 465 g/mol. The minimum absolute atomic E-state index is 0.174. The van der Waals surface area contributed by atoms with Gasteiger partial charge in [-0.15, -0.1) is 0 Å². The number of ether oxygens (including phenoxy) is 1. The highest BCUT2D eigenvalue weighted by atomic mass is 35.5. The van der Waals surface area contributed by atoms with Crippen molar-refractivity contribution < 1.29 is 19.1 Å². The maximum absolute atomic E-state index is 12.1. The lowest BCUT2D eigenvalue weighted by Gasteiger charge is -2.08. The van der Waals surface area contributed by atoms with Crippen molar-refractivity contribution in [3.05, 3.63) is 87.7 Å². The third kappa shape index (κ3) is 6.17. The van der Waals surface area contributed by atoms with Crippen LogP contribution >= 0.6 is 11.6 Å². The smallest absolute Gasteiger partial charge is 0.331 e. The number of nitrogens with one attached hydrogen (secondary N) is 1. The molecule has 1 aromatic heterocycles. The summed E-state index contributed by atoms with van der Waals surface area (Å²) in [5.41, 5.74) is 4.11. The molecule has 0 radical (unpaired) electrons. The van der Waals surface area contributed by atoms with E-state index >= 15 is 0 Å². The molecule has 1 amide bonds. The molecular weight excluding hydrogens is 442 g/mol. The molecule has 0 bridgehead atoms. The number of carbonyl (C=O) groups is 3. The minimum atomic E-state index is -0.664. The summed E-state index contributed by atoms with van der Waals surface area (Å²) in [7, 11) is 0. The van der Waals surface area contributed by atoms with E-state index in [0.717, 1.165) is 22.5 Å². The van der Waals surface area contributed by atoms with E-state index < -0.39 is 18.5 Å². The summed E-state index contributed by atoms with van der Waals surface area (Å²) in [6, 6.07) is 14.2. The first-order valence-corrected chi connectivity index (χ1v) is 10.7. The van der Waals surface area contributed by atoms with E-state index in [1.807, 2.05) is 42.8 Å². The van der Waals surface area contributed by atoms with Gasteiger partial charge in [-0.1, -0.05) is 41.9 Å². The second kappa shape index (κ2) is 10.7. The highest BCUT2D eigenvalue weighted by Crippen LogP contribution is 2.20. The molecule has 2 aromatic carbocycles. The van der Waals surface area contributed by atoms with Crippen LogP contribution in [0.3, 0.4) is 0 Å². The number of esters is 1. The van der Waals surface area contributed by atoms with Gasteiger partial charge in [0.05, 0.1) is 17.9 Å². The fourth-order valence-corrected chi connectivity index (χ4v) is 3.51. The normalized spacial score (nSPS) is 10.9. The fraction of sp³-hybridized carbons (Fsp3) is 0.200. The number of amides is 1. The first-order valence-electron chi connectivity index (χ1n) is 10.3. The topological polar surface area (TPSA) is 90.3 Å². The van der Waals surface area contributed by atoms with E-state index in [0.29, 0.717) is 22.8 Å². The molecule has 3 rings (SSSR count). The molecule has 1 heterocycles. The second-order valence-electron chi connectivity index (χ2n) is 7.42. The van der Waals surface area contributed by atoms with Gasteiger partial charge in [-0.2, -0.15) is 5.10 Å². The van der Waals surface area contributed by atoms with Crippen molar-refractivity contribution in [2.45, 2.75) is 27.3 Å². The molecule has 0 atom stereocenters. The first-order chi connectivity index (χ1) is 15.8. The average molecular weight is 466 g/mol. The van der Waals surface area contributed by atoms with E-state index in [-0.39, 0.29) is 5.78 Å². The molecule has 7 nitrogen and oxygen atoms in total. The first kappa shape index (κ1) is 23.9. The number of hydrogen-bond acceptors (Lipinski definition) is 5. The number of carbonyl (C=O) groups excluding carboxylic acids is 3. The van der Waals surface area contributed by atoms with E-state index in [4.69, 9.17) is 16.3 Å². The highest BCUT2D eigenvalue weighted by molar-refractivity contribution is 6.31. The molecular formula is C25H24ClN3O4. The predicted octanol–water partition coefficient (Wildman–Crippen LogP) is 4.60. The molecule has 33 heavy (non-hydrogen) atoms. The van der Waals surface area contributed by atoms with Gasteiger partial charge in [-0.25, -0.2) is 4.79 Å².